The van der Waals surface area contributed by atoms with Gasteiger partial charge in [-0.2, -0.15) is 5.10 Å². The minimum atomic E-state index is 0.133. The smallest absolute Gasteiger partial charge is 0.227 e. The normalized spacial score (nSPS) is 25.4. The van der Waals surface area contributed by atoms with Gasteiger partial charge >= 0.3 is 0 Å². The number of nitrogens with one attached hydrogen (secondary N) is 1. The first kappa shape index (κ1) is 17.0. The number of carbonyl (C=O) groups excluding carboxylic acids is 1. The van der Waals surface area contributed by atoms with Gasteiger partial charge in [0.1, 0.15) is 0 Å². The SMILES string of the molecule is O=C([C@@H]1CCCN(Cc2cc3n(n2)CCCNC3)C1)N1CCOCC1. The zero-order valence-corrected chi connectivity index (χ0v) is 15.0. The number of morpholine rings is 1. The van der Waals surface area contributed by atoms with Gasteiger partial charge in [0.2, 0.25) is 5.91 Å². The van der Waals surface area contributed by atoms with Crippen molar-refractivity contribution in [1.82, 2.24) is 24.9 Å². The molecule has 4 rings (SSSR count). The molecule has 0 spiro atoms. The number of nitrogens with zero attached hydrogens (tertiary/aromatic N) is 4. The first-order valence-corrected chi connectivity index (χ1v) is 9.65. The molecule has 3 aliphatic rings. The van der Waals surface area contributed by atoms with Crippen LogP contribution in [0.2, 0.25) is 0 Å². The fourth-order valence-corrected chi connectivity index (χ4v) is 4.17. The average Bonchev–Trinajstić information content (AvgIpc) is 2.90. The van der Waals surface area contributed by atoms with E-state index in [2.05, 4.69) is 21.0 Å². The third-order valence-corrected chi connectivity index (χ3v) is 5.51. The molecule has 138 valence electrons. The van der Waals surface area contributed by atoms with Gasteiger partial charge in [-0.25, -0.2) is 0 Å². The maximum absolute atomic E-state index is 12.8. The second kappa shape index (κ2) is 7.85. The van der Waals surface area contributed by atoms with Crippen molar-refractivity contribution in [3.05, 3.63) is 17.5 Å². The molecule has 2 fully saturated rings. The molecule has 0 aliphatic carbocycles. The standard InChI is InChI=1S/C18H29N5O2/c24-18(22-7-9-25-10-8-22)15-3-1-5-21(13-15)14-16-11-17-12-19-4-2-6-23(17)20-16/h11,15,19H,1-10,12-14H2/t15-/m1/s1. The quantitative estimate of drug-likeness (QED) is 0.860. The molecule has 1 aromatic heterocycles. The number of aryl methyl sites for hydroxylation is 1. The fraction of sp³-hybridized carbons (Fsp3) is 0.778. The number of fused-ring (bicyclic) bond motifs is 1. The van der Waals surface area contributed by atoms with E-state index in [1.54, 1.807) is 0 Å². The van der Waals surface area contributed by atoms with E-state index in [1.807, 2.05) is 4.90 Å². The number of likely N-dealkylation sites (tertiary alicyclic amines) is 1. The molecule has 0 unspecified atom stereocenters. The van der Waals surface area contributed by atoms with Gasteiger partial charge in [0, 0.05) is 39.3 Å². The number of hydrogen-bond acceptors (Lipinski definition) is 5. The molecule has 0 saturated carbocycles. The van der Waals surface area contributed by atoms with Crippen molar-refractivity contribution in [3.8, 4) is 0 Å². The highest BCUT2D eigenvalue weighted by atomic mass is 16.5. The highest BCUT2D eigenvalue weighted by molar-refractivity contribution is 5.79. The van der Waals surface area contributed by atoms with Crippen LogP contribution in [0, 0.1) is 5.92 Å². The predicted octanol–water partition coefficient (Wildman–Crippen LogP) is 0.447. The Bertz CT molecular complexity index is 573. The molecule has 1 N–H and O–H groups in total. The van der Waals surface area contributed by atoms with Crippen LogP contribution in [0.5, 0.6) is 0 Å². The monoisotopic (exact) mass is 347 g/mol. The van der Waals surface area contributed by atoms with Crippen LogP contribution in [0.4, 0.5) is 0 Å². The summed E-state index contributed by atoms with van der Waals surface area (Å²) in [5, 5.41) is 8.23. The van der Waals surface area contributed by atoms with Crippen LogP contribution >= 0.6 is 0 Å². The van der Waals surface area contributed by atoms with Gasteiger partial charge in [-0.15, -0.1) is 0 Å². The summed E-state index contributed by atoms with van der Waals surface area (Å²) in [6, 6.07) is 2.23. The van der Waals surface area contributed by atoms with Crippen molar-refractivity contribution in [2.45, 2.75) is 38.9 Å². The van der Waals surface area contributed by atoms with Crippen LogP contribution in [0.1, 0.15) is 30.7 Å². The summed E-state index contributed by atoms with van der Waals surface area (Å²) < 4.78 is 7.51. The summed E-state index contributed by atoms with van der Waals surface area (Å²) in [6.45, 7) is 8.59. The summed E-state index contributed by atoms with van der Waals surface area (Å²) in [4.78, 5) is 17.2. The third kappa shape index (κ3) is 4.04. The van der Waals surface area contributed by atoms with Crippen molar-refractivity contribution in [1.29, 1.82) is 0 Å². The predicted molar refractivity (Wildman–Crippen MR) is 94.0 cm³/mol. The van der Waals surface area contributed by atoms with Gasteiger partial charge < -0.3 is 15.0 Å². The second-order valence-electron chi connectivity index (χ2n) is 7.39. The molecule has 3 aliphatic heterocycles. The third-order valence-electron chi connectivity index (χ3n) is 5.51. The van der Waals surface area contributed by atoms with Crippen molar-refractivity contribution < 1.29 is 9.53 Å². The van der Waals surface area contributed by atoms with Crippen LogP contribution in [-0.2, 0) is 29.2 Å². The number of rotatable bonds is 3. The Kier molecular flexibility index (Phi) is 5.33. The Balaban J connectivity index is 1.35. The number of hydrogen-bond donors (Lipinski definition) is 1. The second-order valence-corrected chi connectivity index (χ2v) is 7.39. The molecule has 0 aromatic carbocycles. The minimum Gasteiger partial charge on any atom is -0.378 e. The lowest BCUT2D eigenvalue weighted by molar-refractivity contribution is -0.141. The van der Waals surface area contributed by atoms with Crippen molar-refractivity contribution in [2.75, 3.05) is 45.9 Å². The Labute approximate surface area is 149 Å². The van der Waals surface area contributed by atoms with E-state index in [-0.39, 0.29) is 5.92 Å². The average molecular weight is 347 g/mol. The maximum Gasteiger partial charge on any atom is 0.227 e. The number of carbonyl (C=O) groups is 1. The van der Waals surface area contributed by atoms with Crippen LogP contribution in [0.25, 0.3) is 0 Å². The molecule has 2 saturated heterocycles. The van der Waals surface area contributed by atoms with E-state index in [0.29, 0.717) is 19.1 Å². The molecule has 7 nitrogen and oxygen atoms in total. The Morgan fingerprint density at radius 3 is 3.00 bits per heavy atom. The zero-order chi connectivity index (χ0) is 17.1. The van der Waals surface area contributed by atoms with Gasteiger partial charge in [0.25, 0.3) is 0 Å². The molecule has 1 amide bonds. The zero-order valence-electron chi connectivity index (χ0n) is 15.0. The van der Waals surface area contributed by atoms with Gasteiger partial charge in [0.05, 0.1) is 30.5 Å². The minimum absolute atomic E-state index is 0.133. The largest absolute Gasteiger partial charge is 0.378 e. The van der Waals surface area contributed by atoms with Crippen LogP contribution < -0.4 is 5.32 Å². The highest BCUT2D eigenvalue weighted by Gasteiger charge is 2.30. The molecule has 0 radical (unpaired) electrons. The van der Waals surface area contributed by atoms with Crippen LogP contribution in [-0.4, -0.2) is 71.4 Å². The first-order valence-electron chi connectivity index (χ1n) is 9.65. The number of aromatic nitrogens is 2. The topological polar surface area (TPSA) is 62.6 Å². The van der Waals surface area contributed by atoms with Crippen LogP contribution in [0.3, 0.4) is 0 Å². The molecule has 25 heavy (non-hydrogen) atoms. The van der Waals surface area contributed by atoms with E-state index in [9.17, 15) is 4.79 Å². The Morgan fingerprint density at radius 2 is 2.12 bits per heavy atom. The Morgan fingerprint density at radius 1 is 1.24 bits per heavy atom. The summed E-state index contributed by atoms with van der Waals surface area (Å²) in [6.07, 6.45) is 3.24. The lowest BCUT2D eigenvalue weighted by Gasteiger charge is -2.36. The lowest BCUT2D eigenvalue weighted by Crippen LogP contribution is -2.48. The van der Waals surface area contributed by atoms with Crippen molar-refractivity contribution >= 4 is 5.91 Å². The molecular formula is C18H29N5O2. The molecule has 7 heteroatoms. The fourth-order valence-electron chi connectivity index (χ4n) is 4.17. The number of amides is 1. The summed E-state index contributed by atoms with van der Waals surface area (Å²) >= 11 is 0. The summed E-state index contributed by atoms with van der Waals surface area (Å²) in [5.41, 5.74) is 2.42. The van der Waals surface area contributed by atoms with E-state index < -0.39 is 0 Å². The maximum atomic E-state index is 12.8. The highest BCUT2D eigenvalue weighted by Crippen LogP contribution is 2.21. The Hall–Kier alpha value is -1.44. The molecule has 4 heterocycles. The summed E-state index contributed by atoms with van der Waals surface area (Å²) in [5.74, 6) is 0.451. The van der Waals surface area contributed by atoms with Crippen molar-refractivity contribution in [2.24, 2.45) is 5.92 Å². The van der Waals surface area contributed by atoms with Gasteiger partial charge in [-0.3, -0.25) is 14.4 Å². The summed E-state index contributed by atoms with van der Waals surface area (Å²) in [7, 11) is 0. The molecular weight excluding hydrogens is 318 g/mol. The van der Waals surface area contributed by atoms with E-state index in [0.717, 1.165) is 77.3 Å². The van der Waals surface area contributed by atoms with E-state index in [4.69, 9.17) is 9.84 Å². The first-order chi connectivity index (χ1) is 12.3. The lowest BCUT2D eigenvalue weighted by atomic mass is 9.96. The van der Waals surface area contributed by atoms with Gasteiger partial charge in [-0.1, -0.05) is 0 Å². The van der Waals surface area contributed by atoms with E-state index in [1.165, 1.54) is 5.69 Å². The van der Waals surface area contributed by atoms with Crippen molar-refractivity contribution in [3.63, 3.8) is 0 Å². The molecule has 0 bridgehead atoms. The number of piperidine rings is 1. The molecule has 1 aromatic rings. The van der Waals surface area contributed by atoms with Crippen LogP contribution in [0.15, 0.2) is 6.07 Å². The van der Waals surface area contributed by atoms with Gasteiger partial charge in [0.15, 0.2) is 0 Å². The van der Waals surface area contributed by atoms with Gasteiger partial charge in [-0.05, 0) is 38.4 Å². The van der Waals surface area contributed by atoms with E-state index >= 15 is 0 Å². The molecule has 1 atom stereocenters. The number of ether oxygens (including phenoxy) is 1.